The van der Waals surface area contributed by atoms with Gasteiger partial charge in [-0.25, -0.2) is 4.79 Å². The smallest absolute Gasteiger partial charge is 0.336 e. The maximum atomic E-state index is 10.9. The first kappa shape index (κ1) is 11.6. The lowest BCUT2D eigenvalue weighted by atomic mass is 9.93. The van der Waals surface area contributed by atoms with Gasteiger partial charge < -0.3 is 14.9 Å². The van der Waals surface area contributed by atoms with E-state index in [0.717, 1.165) is 19.4 Å². The van der Waals surface area contributed by atoms with Gasteiger partial charge in [-0.15, -0.1) is 11.3 Å². The van der Waals surface area contributed by atoms with E-state index in [9.17, 15) is 9.90 Å². The second kappa shape index (κ2) is 4.95. The van der Waals surface area contributed by atoms with E-state index < -0.39 is 12.1 Å². The highest BCUT2D eigenvalue weighted by Gasteiger charge is 2.28. The Balaban J connectivity index is 2.15. The number of aliphatic hydroxyl groups excluding tert-OH is 1. The Kier molecular flexibility index (Phi) is 3.58. The molecule has 0 amide bonds. The number of thiophene rings is 1. The molecule has 5 heteroatoms. The third-order valence-corrected chi connectivity index (χ3v) is 3.82. The highest BCUT2D eigenvalue weighted by Crippen LogP contribution is 2.33. The first-order chi connectivity index (χ1) is 7.70. The number of aromatic carboxylic acids is 1. The van der Waals surface area contributed by atoms with Crippen molar-refractivity contribution in [1.29, 1.82) is 0 Å². The van der Waals surface area contributed by atoms with Crippen LogP contribution in [0.15, 0.2) is 11.4 Å². The zero-order valence-electron chi connectivity index (χ0n) is 8.76. The molecular formula is C11H14O4S. The predicted octanol–water partition coefficient (Wildman–Crippen LogP) is 1.91. The second-order valence-corrected chi connectivity index (χ2v) is 4.87. The molecule has 2 rings (SSSR count). The summed E-state index contributed by atoms with van der Waals surface area (Å²) in [5.41, 5.74) is 0.211. The Labute approximate surface area is 97.5 Å². The average molecular weight is 242 g/mol. The normalized spacial score (nSPS) is 22.9. The lowest BCUT2D eigenvalue weighted by Crippen LogP contribution is -2.24. The molecule has 16 heavy (non-hydrogen) atoms. The van der Waals surface area contributed by atoms with Crippen LogP contribution in [0.1, 0.15) is 34.2 Å². The molecule has 4 nitrogen and oxygen atoms in total. The van der Waals surface area contributed by atoms with Crippen molar-refractivity contribution in [3.63, 3.8) is 0 Å². The number of carboxylic acids is 1. The maximum absolute atomic E-state index is 10.9. The monoisotopic (exact) mass is 242 g/mol. The molecule has 88 valence electrons. The summed E-state index contributed by atoms with van der Waals surface area (Å²) in [6.45, 7) is 1.25. The van der Waals surface area contributed by atoms with Crippen LogP contribution in [-0.4, -0.2) is 29.4 Å². The SMILES string of the molecule is O=C(O)c1ccsc1C(O)C1CCCOC1. The van der Waals surface area contributed by atoms with E-state index in [1.165, 1.54) is 17.4 Å². The van der Waals surface area contributed by atoms with Gasteiger partial charge in [-0.2, -0.15) is 0 Å². The van der Waals surface area contributed by atoms with Gasteiger partial charge in [0.05, 0.1) is 18.3 Å². The third kappa shape index (κ3) is 2.26. The molecule has 1 saturated heterocycles. The van der Waals surface area contributed by atoms with Crippen LogP contribution in [0.5, 0.6) is 0 Å². The van der Waals surface area contributed by atoms with Gasteiger partial charge in [-0.1, -0.05) is 0 Å². The van der Waals surface area contributed by atoms with Crippen molar-refractivity contribution in [3.05, 3.63) is 21.9 Å². The van der Waals surface area contributed by atoms with E-state index >= 15 is 0 Å². The fourth-order valence-corrected chi connectivity index (χ4v) is 2.92. The van der Waals surface area contributed by atoms with E-state index in [4.69, 9.17) is 9.84 Å². The molecule has 0 bridgehead atoms. The molecule has 2 unspecified atom stereocenters. The molecule has 1 fully saturated rings. The van der Waals surface area contributed by atoms with Gasteiger partial charge in [-0.3, -0.25) is 0 Å². The minimum Gasteiger partial charge on any atom is -0.478 e. The minimum absolute atomic E-state index is 0.0190. The van der Waals surface area contributed by atoms with Crippen molar-refractivity contribution in [1.82, 2.24) is 0 Å². The van der Waals surface area contributed by atoms with Crippen molar-refractivity contribution in [2.75, 3.05) is 13.2 Å². The number of hydrogen-bond donors (Lipinski definition) is 2. The van der Waals surface area contributed by atoms with Gasteiger partial charge in [0.25, 0.3) is 0 Å². The largest absolute Gasteiger partial charge is 0.478 e. The van der Waals surface area contributed by atoms with Gasteiger partial charge in [0, 0.05) is 17.4 Å². The summed E-state index contributed by atoms with van der Waals surface area (Å²) in [4.78, 5) is 11.5. The van der Waals surface area contributed by atoms with Gasteiger partial charge >= 0.3 is 5.97 Å². The Morgan fingerprint density at radius 3 is 3.06 bits per heavy atom. The summed E-state index contributed by atoms with van der Waals surface area (Å²) in [7, 11) is 0. The molecule has 2 N–H and O–H groups in total. The second-order valence-electron chi connectivity index (χ2n) is 3.93. The van der Waals surface area contributed by atoms with E-state index in [1.54, 1.807) is 5.38 Å². The highest BCUT2D eigenvalue weighted by molar-refractivity contribution is 7.10. The van der Waals surface area contributed by atoms with Crippen molar-refractivity contribution >= 4 is 17.3 Å². The minimum atomic E-state index is -0.980. The Bertz CT molecular complexity index is 368. The van der Waals surface area contributed by atoms with Crippen molar-refractivity contribution in [3.8, 4) is 0 Å². The highest BCUT2D eigenvalue weighted by atomic mass is 32.1. The van der Waals surface area contributed by atoms with Gasteiger partial charge in [0.15, 0.2) is 0 Å². The zero-order chi connectivity index (χ0) is 11.5. The van der Waals surface area contributed by atoms with Crippen molar-refractivity contribution in [2.24, 2.45) is 5.92 Å². The Morgan fingerprint density at radius 2 is 2.44 bits per heavy atom. The number of aliphatic hydroxyl groups is 1. The summed E-state index contributed by atoms with van der Waals surface area (Å²) < 4.78 is 5.30. The number of rotatable bonds is 3. The molecule has 1 aromatic rings. The van der Waals surface area contributed by atoms with Crippen LogP contribution in [0.4, 0.5) is 0 Å². The number of ether oxygens (including phenoxy) is 1. The van der Waals surface area contributed by atoms with Crippen LogP contribution in [0.25, 0.3) is 0 Å². The van der Waals surface area contributed by atoms with Crippen molar-refractivity contribution in [2.45, 2.75) is 18.9 Å². The van der Waals surface area contributed by atoms with Gasteiger partial charge in [0.2, 0.25) is 0 Å². The topological polar surface area (TPSA) is 66.8 Å². The number of hydrogen-bond acceptors (Lipinski definition) is 4. The van der Waals surface area contributed by atoms with Crippen LogP contribution in [-0.2, 0) is 4.74 Å². The molecule has 1 aliphatic rings. The summed E-state index contributed by atoms with van der Waals surface area (Å²) in [5.74, 6) is -0.961. The lowest BCUT2D eigenvalue weighted by Gasteiger charge is -2.26. The molecule has 0 aromatic carbocycles. The first-order valence-electron chi connectivity index (χ1n) is 5.26. The maximum Gasteiger partial charge on any atom is 0.336 e. The molecule has 1 aromatic heterocycles. The summed E-state index contributed by atoms with van der Waals surface area (Å²) in [6.07, 6.45) is 1.10. The summed E-state index contributed by atoms with van der Waals surface area (Å²) in [5, 5.41) is 20.8. The Hall–Kier alpha value is -0.910. The lowest BCUT2D eigenvalue weighted by molar-refractivity contribution is -0.00907. The first-order valence-corrected chi connectivity index (χ1v) is 6.14. The third-order valence-electron chi connectivity index (χ3n) is 2.84. The fraction of sp³-hybridized carbons (Fsp3) is 0.545. The fourth-order valence-electron chi connectivity index (χ4n) is 1.96. The molecule has 0 aliphatic carbocycles. The predicted molar refractivity (Wildman–Crippen MR) is 59.8 cm³/mol. The molecule has 2 atom stereocenters. The van der Waals surface area contributed by atoms with E-state index in [2.05, 4.69) is 0 Å². The van der Waals surface area contributed by atoms with E-state index in [1.807, 2.05) is 0 Å². The Morgan fingerprint density at radius 1 is 1.62 bits per heavy atom. The number of carbonyl (C=O) groups is 1. The summed E-state index contributed by atoms with van der Waals surface area (Å²) >= 11 is 1.29. The molecular weight excluding hydrogens is 228 g/mol. The van der Waals surface area contributed by atoms with Crippen LogP contribution < -0.4 is 0 Å². The van der Waals surface area contributed by atoms with Gasteiger partial charge in [-0.05, 0) is 24.3 Å². The zero-order valence-corrected chi connectivity index (χ0v) is 9.57. The molecule has 0 radical (unpaired) electrons. The van der Waals surface area contributed by atoms with E-state index in [-0.39, 0.29) is 11.5 Å². The summed E-state index contributed by atoms with van der Waals surface area (Å²) in [6, 6.07) is 1.54. The van der Waals surface area contributed by atoms with Crippen LogP contribution in [0.2, 0.25) is 0 Å². The molecule has 1 aliphatic heterocycles. The van der Waals surface area contributed by atoms with Crippen LogP contribution in [0, 0.1) is 5.92 Å². The van der Waals surface area contributed by atoms with Gasteiger partial charge in [0.1, 0.15) is 0 Å². The number of carboxylic acid groups (broad SMARTS) is 1. The quantitative estimate of drug-likeness (QED) is 0.849. The standard InChI is InChI=1S/C11H14O4S/c12-9(7-2-1-4-15-6-7)10-8(11(13)14)3-5-16-10/h3,5,7,9,12H,1-2,4,6H2,(H,13,14). The average Bonchev–Trinajstić information content (AvgIpc) is 2.78. The molecule has 0 spiro atoms. The van der Waals surface area contributed by atoms with E-state index in [0.29, 0.717) is 11.5 Å². The van der Waals surface area contributed by atoms with Crippen molar-refractivity contribution < 1.29 is 19.7 Å². The van der Waals surface area contributed by atoms with Crippen LogP contribution in [0.3, 0.4) is 0 Å². The van der Waals surface area contributed by atoms with Crippen LogP contribution >= 0.6 is 11.3 Å². The molecule has 2 heterocycles. The molecule has 0 saturated carbocycles.